The van der Waals surface area contributed by atoms with Gasteiger partial charge in [-0.1, -0.05) is 49.4 Å². The van der Waals surface area contributed by atoms with Crippen LogP contribution in [0.3, 0.4) is 0 Å². The molecule has 2 saturated heterocycles. The number of benzene rings is 1. The average molecular weight is 565 g/mol. The first-order valence-electron chi connectivity index (χ1n) is 15.8. The molecule has 3 fully saturated rings. The van der Waals surface area contributed by atoms with Crippen LogP contribution in [0.4, 0.5) is 0 Å². The van der Waals surface area contributed by atoms with E-state index in [9.17, 15) is 14.4 Å². The van der Waals surface area contributed by atoms with Crippen LogP contribution in [0.5, 0.6) is 0 Å². The van der Waals surface area contributed by atoms with Gasteiger partial charge in [0.1, 0.15) is 6.04 Å². The van der Waals surface area contributed by atoms with Crippen molar-refractivity contribution in [2.24, 2.45) is 17.3 Å². The Morgan fingerprint density at radius 2 is 1.85 bits per heavy atom. The molecular formula is C33H48N4O4. The zero-order valence-corrected chi connectivity index (χ0v) is 24.7. The molecule has 8 nitrogen and oxygen atoms in total. The highest BCUT2D eigenvalue weighted by atomic mass is 16.5. The molecular weight excluding hydrogens is 516 g/mol. The molecule has 0 bridgehead atoms. The van der Waals surface area contributed by atoms with Crippen molar-refractivity contribution in [3.05, 3.63) is 48.0 Å². The molecule has 1 aliphatic carbocycles. The van der Waals surface area contributed by atoms with Crippen molar-refractivity contribution in [1.29, 1.82) is 0 Å². The molecule has 0 aromatic heterocycles. The van der Waals surface area contributed by atoms with E-state index >= 15 is 0 Å². The Labute approximate surface area is 245 Å². The number of ether oxygens (including phenoxy) is 1. The number of likely N-dealkylation sites (tertiary alicyclic amines) is 1. The van der Waals surface area contributed by atoms with Crippen molar-refractivity contribution < 1.29 is 19.1 Å². The quantitative estimate of drug-likeness (QED) is 0.473. The van der Waals surface area contributed by atoms with Crippen LogP contribution in [-0.4, -0.2) is 85.5 Å². The van der Waals surface area contributed by atoms with Crippen molar-refractivity contribution in [3.8, 4) is 0 Å². The van der Waals surface area contributed by atoms with Gasteiger partial charge in [-0.15, -0.1) is 0 Å². The Hall–Kier alpha value is -2.71. The molecule has 2 N–H and O–H groups in total. The van der Waals surface area contributed by atoms with Gasteiger partial charge >= 0.3 is 0 Å². The predicted molar refractivity (Wildman–Crippen MR) is 159 cm³/mol. The molecule has 4 aliphatic rings. The summed E-state index contributed by atoms with van der Waals surface area (Å²) in [5.74, 6) is 0.961. The van der Waals surface area contributed by atoms with Crippen LogP contribution in [0.2, 0.25) is 0 Å². The van der Waals surface area contributed by atoms with Gasteiger partial charge in [0.2, 0.25) is 17.7 Å². The van der Waals surface area contributed by atoms with Crippen LogP contribution < -0.4 is 10.6 Å². The summed E-state index contributed by atoms with van der Waals surface area (Å²) in [6.07, 6.45) is 11.8. The minimum absolute atomic E-state index is 0.00311. The molecule has 3 heterocycles. The number of fused-ring (bicyclic) bond motifs is 1. The fourth-order valence-corrected chi connectivity index (χ4v) is 6.69. The largest absolute Gasteiger partial charge is 0.381 e. The molecule has 0 unspecified atom stereocenters. The lowest BCUT2D eigenvalue weighted by atomic mass is 9.75. The topological polar surface area (TPSA) is 91.0 Å². The second kappa shape index (κ2) is 14.0. The fourth-order valence-electron chi connectivity index (χ4n) is 6.69. The number of carbonyl (C=O) groups is 3. The van der Waals surface area contributed by atoms with Crippen LogP contribution in [0.1, 0.15) is 63.9 Å². The second-order valence-corrected chi connectivity index (χ2v) is 12.7. The number of amides is 3. The number of carbonyl (C=O) groups excluding carboxylic acids is 3. The van der Waals surface area contributed by atoms with Crippen LogP contribution in [-0.2, 0) is 25.5 Å². The predicted octanol–water partition coefficient (Wildman–Crippen LogP) is 3.32. The lowest BCUT2D eigenvalue weighted by Gasteiger charge is -2.40. The summed E-state index contributed by atoms with van der Waals surface area (Å²) in [5.41, 5.74) is 0.464. The number of hydrogen-bond acceptors (Lipinski definition) is 5. The van der Waals surface area contributed by atoms with Crippen LogP contribution in [0.25, 0.3) is 0 Å². The van der Waals surface area contributed by atoms with E-state index in [1.54, 1.807) is 0 Å². The Balaban J connectivity index is 1.31. The summed E-state index contributed by atoms with van der Waals surface area (Å²) in [7, 11) is 0. The van der Waals surface area contributed by atoms with E-state index in [-0.39, 0.29) is 29.7 Å². The Bertz CT molecular complexity index is 1070. The number of nitrogens with one attached hydrogen (secondary N) is 2. The molecule has 5 rings (SSSR count). The maximum Gasteiger partial charge on any atom is 0.243 e. The molecule has 0 radical (unpaired) electrons. The highest BCUT2D eigenvalue weighted by Crippen LogP contribution is 2.36. The number of nitrogens with zero attached hydrogens (tertiary/aromatic N) is 2. The van der Waals surface area contributed by atoms with Gasteiger partial charge in [-0.25, -0.2) is 0 Å². The fraction of sp³-hybridized carbons (Fsp3) is 0.667. The van der Waals surface area contributed by atoms with Gasteiger partial charge in [0.15, 0.2) is 0 Å². The van der Waals surface area contributed by atoms with E-state index in [1.165, 1.54) is 12.8 Å². The third-order valence-corrected chi connectivity index (χ3v) is 9.48. The molecule has 1 saturated carbocycles. The van der Waals surface area contributed by atoms with Crippen LogP contribution >= 0.6 is 0 Å². The average Bonchev–Trinajstić information content (AvgIpc) is 3.80. The van der Waals surface area contributed by atoms with E-state index in [1.807, 2.05) is 30.3 Å². The first-order valence-corrected chi connectivity index (χ1v) is 15.8. The number of piperidine rings is 1. The number of hydrogen-bond donors (Lipinski definition) is 2. The van der Waals surface area contributed by atoms with Gasteiger partial charge in [-0.2, -0.15) is 0 Å². The highest BCUT2D eigenvalue weighted by molar-refractivity contribution is 5.90. The molecule has 1 aromatic rings. The third kappa shape index (κ3) is 7.98. The molecule has 3 amide bonds. The van der Waals surface area contributed by atoms with Gasteiger partial charge in [0, 0.05) is 51.9 Å². The molecule has 224 valence electrons. The van der Waals surface area contributed by atoms with Gasteiger partial charge < -0.3 is 20.3 Å². The Morgan fingerprint density at radius 1 is 1.07 bits per heavy atom. The zero-order valence-electron chi connectivity index (χ0n) is 24.7. The van der Waals surface area contributed by atoms with Crippen molar-refractivity contribution in [1.82, 2.24) is 20.4 Å². The summed E-state index contributed by atoms with van der Waals surface area (Å²) in [6.45, 7) is 6.97. The molecule has 3 aliphatic heterocycles. The van der Waals surface area contributed by atoms with Crippen molar-refractivity contribution in [2.45, 2.75) is 76.8 Å². The van der Waals surface area contributed by atoms with Gasteiger partial charge in [0.05, 0.1) is 12.0 Å². The van der Waals surface area contributed by atoms with Gasteiger partial charge in [0.25, 0.3) is 0 Å². The summed E-state index contributed by atoms with van der Waals surface area (Å²) < 4.78 is 5.61. The van der Waals surface area contributed by atoms with Crippen molar-refractivity contribution >= 4 is 17.7 Å². The lowest BCUT2D eigenvalue weighted by molar-refractivity contribution is -0.140. The SMILES string of the molecule is CCCN(CC1CC1)C(=O)CN1CC[C@@H]2NC(=O)[C@@H](Cc3ccccc3)NC(=O)C3(C/C=C/C[C@@H]2C1)CCOCC3. The maximum absolute atomic E-state index is 13.8. The standard InChI is InChI=1S/C33H48N4O4/c1-2-17-37(22-26-11-12-26)30(38)24-36-18-13-28-27(23-36)10-6-7-14-33(15-19-41-20-16-33)32(40)35-29(31(39)34-28)21-25-8-4-3-5-9-25/h3-9,26-29H,2,10-24H2,1H3,(H,34,39)(H,35,40)/b7-6+/t27-,28+,29-/m1/s1. The summed E-state index contributed by atoms with van der Waals surface area (Å²) >= 11 is 0. The highest BCUT2D eigenvalue weighted by Gasteiger charge is 2.41. The van der Waals surface area contributed by atoms with Crippen LogP contribution in [0.15, 0.2) is 42.5 Å². The number of allylic oxidation sites excluding steroid dienone is 2. The number of rotatable bonds is 8. The van der Waals surface area contributed by atoms with E-state index < -0.39 is 11.5 Å². The Morgan fingerprint density at radius 3 is 2.59 bits per heavy atom. The second-order valence-electron chi connectivity index (χ2n) is 12.7. The summed E-state index contributed by atoms with van der Waals surface area (Å²) in [4.78, 5) is 45.1. The molecule has 8 heteroatoms. The first kappa shape index (κ1) is 29.8. The Kier molecular flexibility index (Phi) is 10.1. The van der Waals surface area contributed by atoms with Crippen LogP contribution in [0, 0.1) is 17.3 Å². The monoisotopic (exact) mass is 564 g/mol. The third-order valence-electron chi connectivity index (χ3n) is 9.48. The summed E-state index contributed by atoms with van der Waals surface area (Å²) in [6, 6.07) is 9.27. The van der Waals surface area contributed by atoms with Gasteiger partial charge in [-0.05, 0) is 68.8 Å². The van der Waals surface area contributed by atoms with E-state index in [0.29, 0.717) is 51.4 Å². The molecule has 1 aromatic carbocycles. The van der Waals surface area contributed by atoms with E-state index in [4.69, 9.17) is 4.74 Å². The minimum Gasteiger partial charge on any atom is -0.381 e. The first-order chi connectivity index (χ1) is 20.0. The molecule has 1 spiro atoms. The van der Waals surface area contributed by atoms with Gasteiger partial charge in [-0.3, -0.25) is 19.3 Å². The van der Waals surface area contributed by atoms with Crippen molar-refractivity contribution in [2.75, 3.05) is 45.9 Å². The van der Waals surface area contributed by atoms with Crippen molar-refractivity contribution in [3.63, 3.8) is 0 Å². The molecule has 3 atom stereocenters. The summed E-state index contributed by atoms with van der Waals surface area (Å²) in [5, 5.41) is 6.50. The minimum atomic E-state index is -0.640. The maximum atomic E-state index is 13.8. The smallest absolute Gasteiger partial charge is 0.243 e. The normalized spacial score (nSPS) is 28.0. The molecule has 41 heavy (non-hydrogen) atoms. The zero-order chi connectivity index (χ0) is 28.7. The lowest BCUT2D eigenvalue weighted by Crippen LogP contribution is -2.58. The van der Waals surface area contributed by atoms with E-state index in [2.05, 4.69) is 39.5 Å². The van der Waals surface area contributed by atoms with E-state index in [0.717, 1.165) is 51.0 Å².